The van der Waals surface area contributed by atoms with Crippen molar-refractivity contribution in [1.29, 1.82) is 0 Å². The van der Waals surface area contributed by atoms with Gasteiger partial charge in [0, 0.05) is 36.9 Å². The molecule has 0 spiro atoms. The summed E-state index contributed by atoms with van der Waals surface area (Å²) in [6, 6.07) is 9.28. The Balaban J connectivity index is 1.79. The van der Waals surface area contributed by atoms with Gasteiger partial charge >= 0.3 is 0 Å². The fourth-order valence-electron chi connectivity index (χ4n) is 3.96. The van der Waals surface area contributed by atoms with Crippen LogP contribution in [0.25, 0.3) is 0 Å². The van der Waals surface area contributed by atoms with Gasteiger partial charge in [-0.3, -0.25) is 4.90 Å². The number of hydrogen-bond donors (Lipinski definition) is 1. The Labute approximate surface area is 130 Å². The number of nitrogens with two attached hydrogens (primary N) is 1. The van der Waals surface area contributed by atoms with Crippen molar-refractivity contribution >= 4 is 5.95 Å². The fraction of sp³-hybridized carbons (Fsp3) is 0.333. The highest BCUT2D eigenvalue weighted by Gasteiger charge is 2.38. The Morgan fingerprint density at radius 3 is 3.00 bits per heavy atom. The molecule has 4 heteroatoms. The summed E-state index contributed by atoms with van der Waals surface area (Å²) >= 11 is 0. The molecule has 1 aromatic heterocycles. The summed E-state index contributed by atoms with van der Waals surface area (Å²) < 4.78 is 0. The van der Waals surface area contributed by atoms with Crippen LogP contribution in [-0.2, 0) is 19.4 Å². The van der Waals surface area contributed by atoms with Gasteiger partial charge in [0.05, 0.1) is 0 Å². The van der Waals surface area contributed by atoms with E-state index in [9.17, 15) is 0 Å². The lowest BCUT2D eigenvalue weighted by Gasteiger charge is -2.44. The highest BCUT2D eigenvalue weighted by Crippen LogP contribution is 2.40. The van der Waals surface area contributed by atoms with Gasteiger partial charge in [0.1, 0.15) is 0 Å². The minimum absolute atomic E-state index is 0.379. The highest BCUT2D eigenvalue weighted by atomic mass is 15.2. The van der Waals surface area contributed by atoms with Gasteiger partial charge in [0.25, 0.3) is 0 Å². The first-order valence-corrected chi connectivity index (χ1v) is 7.79. The van der Waals surface area contributed by atoms with Gasteiger partial charge in [-0.05, 0) is 29.5 Å². The lowest BCUT2D eigenvalue weighted by molar-refractivity contribution is 0.152. The second-order valence-electron chi connectivity index (χ2n) is 6.20. The molecule has 22 heavy (non-hydrogen) atoms. The van der Waals surface area contributed by atoms with Crippen molar-refractivity contribution in [2.24, 2.45) is 0 Å². The Kier molecular flexibility index (Phi) is 3.19. The van der Waals surface area contributed by atoms with Crippen molar-refractivity contribution in [2.45, 2.75) is 31.3 Å². The smallest absolute Gasteiger partial charge is 0.220 e. The van der Waals surface area contributed by atoms with Gasteiger partial charge in [-0.1, -0.05) is 30.3 Å². The van der Waals surface area contributed by atoms with E-state index in [1.807, 2.05) is 12.3 Å². The maximum Gasteiger partial charge on any atom is 0.220 e. The van der Waals surface area contributed by atoms with Crippen molar-refractivity contribution < 1.29 is 0 Å². The first-order valence-electron chi connectivity index (χ1n) is 7.79. The minimum Gasteiger partial charge on any atom is -0.368 e. The third-order valence-corrected chi connectivity index (χ3v) is 4.94. The maximum absolute atomic E-state index is 5.77. The Hall–Kier alpha value is -2.20. The third kappa shape index (κ3) is 2.11. The van der Waals surface area contributed by atoms with E-state index in [-0.39, 0.29) is 0 Å². The van der Waals surface area contributed by atoms with E-state index >= 15 is 0 Å². The molecule has 2 aliphatic rings. The normalized spacial score (nSPS) is 23.3. The van der Waals surface area contributed by atoms with E-state index < -0.39 is 0 Å². The van der Waals surface area contributed by atoms with E-state index in [0.717, 1.165) is 31.6 Å². The first kappa shape index (κ1) is 13.5. The number of aromatic nitrogens is 2. The van der Waals surface area contributed by atoms with Crippen molar-refractivity contribution in [1.82, 2.24) is 14.9 Å². The molecule has 112 valence electrons. The second-order valence-corrected chi connectivity index (χ2v) is 6.20. The molecule has 0 fully saturated rings. The molecule has 1 aromatic carbocycles. The Morgan fingerprint density at radius 2 is 2.14 bits per heavy atom. The lowest BCUT2D eigenvalue weighted by Crippen LogP contribution is -2.47. The zero-order valence-corrected chi connectivity index (χ0v) is 12.6. The van der Waals surface area contributed by atoms with Crippen LogP contribution in [0.4, 0.5) is 5.95 Å². The summed E-state index contributed by atoms with van der Waals surface area (Å²) in [6.07, 6.45) is 5.83. The average Bonchev–Trinajstić information content (AvgIpc) is 2.54. The molecule has 2 atom stereocenters. The number of benzene rings is 1. The van der Waals surface area contributed by atoms with Gasteiger partial charge in [0.2, 0.25) is 5.95 Å². The minimum atomic E-state index is 0.379. The summed E-state index contributed by atoms with van der Waals surface area (Å²) in [5, 5.41) is 0. The molecule has 0 radical (unpaired) electrons. The molecule has 2 heterocycles. The van der Waals surface area contributed by atoms with Crippen LogP contribution in [-0.4, -0.2) is 27.5 Å². The Morgan fingerprint density at radius 1 is 1.27 bits per heavy atom. The topological polar surface area (TPSA) is 55.0 Å². The maximum atomic E-state index is 5.77. The van der Waals surface area contributed by atoms with E-state index in [4.69, 9.17) is 5.73 Å². The SMILES string of the molecule is C=CCN1Cc2ccccc2[C@@H]2Cc3nc(N)ncc3C[C@H]21. The van der Waals surface area contributed by atoms with Gasteiger partial charge < -0.3 is 5.73 Å². The van der Waals surface area contributed by atoms with E-state index in [1.54, 1.807) is 0 Å². The molecule has 2 aromatic rings. The van der Waals surface area contributed by atoms with Crippen LogP contribution in [0.5, 0.6) is 0 Å². The van der Waals surface area contributed by atoms with Crippen molar-refractivity contribution in [3.05, 3.63) is 65.5 Å². The van der Waals surface area contributed by atoms with Crippen LogP contribution >= 0.6 is 0 Å². The quantitative estimate of drug-likeness (QED) is 0.863. The molecule has 1 aliphatic carbocycles. The molecule has 0 unspecified atom stereocenters. The van der Waals surface area contributed by atoms with Crippen LogP contribution in [0.15, 0.2) is 43.1 Å². The molecule has 0 saturated carbocycles. The average molecular weight is 292 g/mol. The summed E-state index contributed by atoms with van der Waals surface area (Å²) in [7, 11) is 0. The number of nitrogen functional groups attached to an aromatic ring is 1. The van der Waals surface area contributed by atoms with Crippen LogP contribution < -0.4 is 5.73 Å². The predicted molar refractivity (Wildman–Crippen MR) is 87.4 cm³/mol. The summed E-state index contributed by atoms with van der Waals surface area (Å²) in [5.41, 5.74) is 11.0. The molecule has 0 saturated heterocycles. The molecular weight excluding hydrogens is 272 g/mol. The van der Waals surface area contributed by atoms with Crippen molar-refractivity contribution in [2.75, 3.05) is 12.3 Å². The second kappa shape index (κ2) is 5.21. The molecule has 4 rings (SSSR count). The summed E-state index contributed by atoms with van der Waals surface area (Å²) in [4.78, 5) is 11.2. The highest BCUT2D eigenvalue weighted by molar-refractivity contribution is 5.40. The molecule has 1 aliphatic heterocycles. The molecule has 0 bridgehead atoms. The molecule has 2 N–H and O–H groups in total. The van der Waals surface area contributed by atoms with Gasteiger partial charge in [0.15, 0.2) is 0 Å². The zero-order chi connectivity index (χ0) is 15.1. The van der Waals surface area contributed by atoms with Gasteiger partial charge in [-0.25, -0.2) is 9.97 Å². The van der Waals surface area contributed by atoms with Crippen LogP contribution in [0, 0.1) is 0 Å². The van der Waals surface area contributed by atoms with Crippen molar-refractivity contribution in [3.8, 4) is 0 Å². The third-order valence-electron chi connectivity index (χ3n) is 4.94. The zero-order valence-electron chi connectivity index (χ0n) is 12.6. The number of anilines is 1. The van der Waals surface area contributed by atoms with E-state index in [2.05, 4.69) is 45.7 Å². The van der Waals surface area contributed by atoms with Gasteiger partial charge in [-0.2, -0.15) is 0 Å². The predicted octanol–water partition coefficient (Wildman–Crippen LogP) is 2.31. The van der Waals surface area contributed by atoms with Gasteiger partial charge in [-0.15, -0.1) is 6.58 Å². The Bertz CT molecular complexity index is 725. The van der Waals surface area contributed by atoms with Crippen LogP contribution in [0.1, 0.15) is 28.3 Å². The lowest BCUT2D eigenvalue weighted by atomic mass is 9.74. The summed E-state index contributed by atoms with van der Waals surface area (Å²) in [5.74, 6) is 0.857. The molecular formula is C18H20N4. The standard InChI is InChI=1S/C18H20N4/c1-2-7-22-11-12-5-3-4-6-14(12)15-9-16-13(8-17(15)22)10-20-18(19)21-16/h2-6,10,15,17H,1,7-9,11H2,(H2,19,20,21)/t15-,17+/m0/s1. The number of hydrogen-bond acceptors (Lipinski definition) is 4. The van der Waals surface area contributed by atoms with Crippen LogP contribution in [0.2, 0.25) is 0 Å². The van der Waals surface area contributed by atoms with E-state index in [0.29, 0.717) is 17.9 Å². The number of fused-ring (bicyclic) bond motifs is 4. The molecule has 0 amide bonds. The van der Waals surface area contributed by atoms with Crippen molar-refractivity contribution in [3.63, 3.8) is 0 Å². The number of nitrogens with zero attached hydrogens (tertiary/aromatic N) is 3. The summed E-state index contributed by atoms with van der Waals surface area (Å²) in [6.45, 7) is 5.83. The van der Waals surface area contributed by atoms with Crippen LogP contribution in [0.3, 0.4) is 0 Å². The molecule has 4 nitrogen and oxygen atoms in total. The fourth-order valence-corrected chi connectivity index (χ4v) is 3.96. The number of rotatable bonds is 2. The monoisotopic (exact) mass is 292 g/mol. The largest absolute Gasteiger partial charge is 0.368 e. The first-order chi connectivity index (χ1) is 10.8. The van der Waals surface area contributed by atoms with E-state index in [1.165, 1.54) is 16.7 Å².